The quantitative estimate of drug-likeness (QED) is 0.417. The molecule has 5 nitrogen and oxygen atoms in total. The Labute approximate surface area is 192 Å². The second kappa shape index (κ2) is 8.71. The third-order valence-electron chi connectivity index (χ3n) is 5.95. The number of aromatic nitrogens is 5. The number of fused-ring (bicyclic) bond motifs is 1. The van der Waals surface area contributed by atoms with Gasteiger partial charge in [-0.2, -0.15) is 5.10 Å². The van der Waals surface area contributed by atoms with Gasteiger partial charge in [0, 0.05) is 46.5 Å². The Hall–Kier alpha value is -4.25. The van der Waals surface area contributed by atoms with Crippen molar-refractivity contribution in [2.75, 3.05) is 0 Å². The summed E-state index contributed by atoms with van der Waals surface area (Å²) in [7, 11) is 0. The lowest BCUT2D eigenvalue weighted by Crippen LogP contribution is -2.21. The zero-order chi connectivity index (χ0) is 22.8. The van der Waals surface area contributed by atoms with E-state index in [-0.39, 0.29) is 0 Å². The van der Waals surface area contributed by atoms with Gasteiger partial charge in [0.1, 0.15) is 5.69 Å². The predicted octanol–water partition coefficient (Wildman–Crippen LogP) is 4.87. The number of H-pyrrole nitrogens is 2. The molecule has 4 heterocycles. The first-order valence-corrected chi connectivity index (χ1v) is 11.0. The summed E-state index contributed by atoms with van der Waals surface area (Å²) in [6.45, 7) is 8.51. The maximum absolute atomic E-state index is 4.56. The number of aryl methyl sites for hydroxylation is 1. The number of hydrogen-bond acceptors (Lipinski definition) is 3. The van der Waals surface area contributed by atoms with Crippen LogP contribution < -0.4 is 10.6 Å². The molecule has 5 rings (SSSR count). The smallest absolute Gasteiger partial charge is 0.116 e. The van der Waals surface area contributed by atoms with Crippen LogP contribution in [0.3, 0.4) is 0 Å². The molecule has 5 heteroatoms. The van der Waals surface area contributed by atoms with Crippen molar-refractivity contribution in [1.82, 2.24) is 25.1 Å². The molecule has 0 atom stereocenters. The van der Waals surface area contributed by atoms with Gasteiger partial charge in [-0.3, -0.25) is 15.1 Å². The predicted molar refractivity (Wildman–Crippen MR) is 136 cm³/mol. The molecule has 0 fully saturated rings. The van der Waals surface area contributed by atoms with Crippen molar-refractivity contribution in [1.29, 1.82) is 0 Å². The molecule has 33 heavy (non-hydrogen) atoms. The summed E-state index contributed by atoms with van der Waals surface area (Å²) >= 11 is 0. The Morgan fingerprint density at radius 2 is 1.97 bits per heavy atom. The van der Waals surface area contributed by atoms with Crippen molar-refractivity contribution in [3.63, 3.8) is 0 Å². The summed E-state index contributed by atoms with van der Waals surface area (Å²) in [6.07, 6.45) is 12.6. The molecule has 162 valence electrons. The van der Waals surface area contributed by atoms with Crippen molar-refractivity contribution < 1.29 is 0 Å². The summed E-state index contributed by atoms with van der Waals surface area (Å²) in [4.78, 5) is 12.1. The molecule has 0 radical (unpaired) electrons. The number of allylic oxidation sites excluding steroid dienone is 2. The molecule has 0 saturated carbocycles. The first-order valence-electron chi connectivity index (χ1n) is 11.0. The molecule has 0 aliphatic carbocycles. The average Bonchev–Trinajstić information content (AvgIpc) is 3.46. The molecule has 2 N–H and O–H groups in total. The number of rotatable bonds is 5. The van der Waals surface area contributed by atoms with E-state index in [0.29, 0.717) is 0 Å². The van der Waals surface area contributed by atoms with Crippen LogP contribution in [0.1, 0.15) is 25.0 Å². The summed E-state index contributed by atoms with van der Waals surface area (Å²) in [5.41, 5.74) is 8.51. The largest absolute Gasteiger partial charge is 0.353 e. The maximum atomic E-state index is 4.56. The fourth-order valence-corrected chi connectivity index (χ4v) is 4.00. The molecular weight excluding hydrogens is 406 g/mol. The third kappa shape index (κ3) is 4.01. The van der Waals surface area contributed by atoms with E-state index in [0.717, 1.165) is 61.5 Å². The lowest BCUT2D eigenvalue weighted by molar-refractivity contribution is 1.06. The van der Waals surface area contributed by atoms with Crippen LogP contribution in [-0.4, -0.2) is 25.1 Å². The zero-order valence-corrected chi connectivity index (χ0v) is 18.8. The molecular formula is C28H25N5. The average molecular weight is 432 g/mol. The van der Waals surface area contributed by atoms with Gasteiger partial charge in [0.05, 0.1) is 11.0 Å². The van der Waals surface area contributed by atoms with Gasteiger partial charge >= 0.3 is 0 Å². The Bertz CT molecular complexity index is 1570. The van der Waals surface area contributed by atoms with Crippen LogP contribution in [-0.2, 0) is 6.42 Å². The van der Waals surface area contributed by atoms with Crippen molar-refractivity contribution >= 4 is 29.1 Å². The van der Waals surface area contributed by atoms with Gasteiger partial charge in [0.25, 0.3) is 0 Å². The summed E-state index contributed by atoms with van der Waals surface area (Å²) < 4.78 is 0. The molecule has 5 aromatic rings. The lowest BCUT2D eigenvalue weighted by atomic mass is 10.0. The molecule has 0 unspecified atom stereocenters. The Balaban J connectivity index is 1.52. The highest BCUT2D eigenvalue weighted by Gasteiger charge is 2.11. The van der Waals surface area contributed by atoms with Crippen molar-refractivity contribution in [2.24, 2.45) is 0 Å². The molecule has 1 aromatic carbocycles. The Morgan fingerprint density at radius 3 is 2.79 bits per heavy atom. The van der Waals surface area contributed by atoms with Crippen LogP contribution in [0.5, 0.6) is 0 Å². The van der Waals surface area contributed by atoms with E-state index in [1.807, 2.05) is 30.7 Å². The van der Waals surface area contributed by atoms with Gasteiger partial charge in [0.2, 0.25) is 0 Å². The highest BCUT2D eigenvalue weighted by atomic mass is 15.1. The SMILES string of the molecule is C=c1c(-c2cc3c(-c4cccnc4)cccc3[nH]2)n[nH]/c1=C/C=C(\C)c1cncc(CC)c1. The van der Waals surface area contributed by atoms with Gasteiger partial charge in [0.15, 0.2) is 0 Å². The summed E-state index contributed by atoms with van der Waals surface area (Å²) in [5, 5.41) is 10.6. The van der Waals surface area contributed by atoms with Gasteiger partial charge in [-0.05, 0) is 65.9 Å². The molecule has 0 aliphatic heterocycles. The molecule has 0 saturated heterocycles. The van der Waals surface area contributed by atoms with Crippen LogP contribution in [0.15, 0.2) is 73.3 Å². The van der Waals surface area contributed by atoms with Crippen molar-refractivity contribution in [3.8, 4) is 22.5 Å². The fraction of sp³-hybridized carbons (Fsp3) is 0.107. The third-order valence-corrected chi connectivity index (χ3v) is 5.95. The first-order chi connectivity index (χ1) is 16.1. The number of hydrogen-bond donors (Lipinski definition) is 2. The van der Waals surface area contributed by atoms with Crippen LogP contribution in [0.2, 0.25) is 0 Å². The van der Waals surface area contributed by atoms with E-state index in [2.05, 4.69) is 88.0 Å². The molecule has 0 amide bonds. The van der Waals surface area contributed by atoms with E-state index < -0.39 is 0 Å². The van der Waals surface area contributed by atoms with Crippen LogP contribution in [0, 0.1) is 0 Å². The Morgan fingerprint density at radius 1 is 1.06 bits per heavy atom. The number of aromatic amines is 2. The molecule has 0 spiro atoms. The monoisotopic (exact) mass is 431 g/mol. The molecule has 4 aromatic heterocycles. The minimum Gasteiger partial charge on any atom is -0.353 e. The summed E-state index contributed by atoms with van der Waals surface area (Å²) in [6, 6.07) is 14.6. The lowest BCUT2D eigenvalue weighted by Gasteiger charge is -2.02. The van der Waals surface area contributed by atoms with Crippen LogP contribution >= 0.6 is 0 Å². The minimum absolute atomic E-state index is 0.815. The highest BCUT2D eigenvalue weighted by Crippen LogP contribution is 2.30. The standard InChI is InChI=1S/C28H25N5/c1-4-20-13-22(17-30-15-20)18(2)10-11-25-19(3)28(33-32-25)27-14-24-23(8-5-9-26(24)31-27)21-7-6-12-29-16-21/h5-17,31-32H,3-4H2,1-2H3/b18-10+,25-11+. The molecule has 0 bridgehead atoms. The maximum Gasteiger partial charge on any atom is 0.116 e. The second-order valence-corrected chi connectivity index (χ2v) is 8.11. The summed E-state index contributed by atoms with van der Waals surface area (Å²) in [5.74, 6) is 0. The fourth-order valence-electron chi connectivity index (χ4n) is 4.00. The van der Waals surface area contributed by atoms with Crippen molar-refractivity contribution in [3.05, 3.63) is 95.0 Å². The van der Waals surface area contributed by atoms with Crippen LogP contribution in [0.25, 0.3) is 51.6 Å². The number of benzene rings is 1. The van der Waals surface area contributed by atoms with E-state index in [9.17, 15) is 0 Å². The number of nitrogens with zero attached hydrogens (tertiary/aromatic N) is 3. The first kappa shape index (κ1) is 20.6. The highest BCUT2D eigenvalue weighted by molar-refractivity contribution is 5.97. The van der Waals surface area contributed by atoms with E-state index >= 15 is 0 Å². The van der Waals surface area contributed by atoms with Crippen LogP contribution in [0.4, 0.5) is 0 Å². The topological polar surface area (TPSA) is 70.2 Å². The van der Waals surface area contributed by atoms with Gasteiger partial charge in [-0.15, -0.1) is 0 Å². The zero-order valence-electron chi connectivity index (χ0n) is 18.8. The molecule has 0 aliphatic rings. The minimum atomic E-state index is 0.815. The Kier molecular flexibility index (Phi) is 5.45. The van der Waals surface area contributed by atoms with Crippen molar-refractivity contribution in [2.45, 2.75) is 20.3 Å². The van der Waals surface area contributed by atoms with Gasteiger partial charge in [-0.1, -0.05) is 37.8 Å². The van der Waals surface area contributed by atoms with Gasteiger partial charge in [-0.25, -0.2) is 0 Å². The van der Waals surface area contributed by atoms with E-state index in [1.165, 1.54) is 5.56 Å². The van der Waals surface area contributed by atoms with E-state index in [4.69, 9.17) is 0 Å². The normalized spacial score (nSPS) is 12.5. The van der Waals surface area contributed by atoms with E-state index in [1.54, 1.807) is 6.20 Å². The number of nitrogens with one attached hydrogen (secondary N) is 2. The van der Waals surface area contributed by atoms with Gasteiger partial charge < -0.3 is 4.98 Å². The second-order valence-electron chi connectivity index (χ2n) is 8.11. The number of pyridine rings is 2.